The number of nitrogens with zero attached hydrogens (tertiary/aromatic N) is 1. The highest BCUT2D eigenvalue weighted by molar-refractivity contribution is 5.68. The fourth-order valence-electron chi connectivity index (χ4n) is 4.52. The van der Waals surface area contributed by atoms with Gasteiger partial charge in [-0.1, -0.05) is 30.3 Å². The van der Waals surface area contributed by atoms with Gasteiger partial charge in [0.15, 0.2) is 0 Å². The van der Waals surface area contributed by atoms with Crippen molar-refractivity contribution in [2.45, 2.75) is 32.1 Å². The molecule has 1 amide bonds. The summed E-state index contributed by atoms with van der Waals surface area (Å²) in [6.45, 7) is 5.60. The summed E-state index contributed by atoms with van der Waals surface area (Å²) in [5.74, 6) is -0.218. The molecule has 2 unspecified atom stereocenters. The number of fused-ring (bicyclic) bond motifs is 1. The average Bonchev–Trinajstić information content (AvgIpc) is 3.23. The lowest BCUT2D eigenvalue weighted by Gasteiger charge is -2.27. The lowest BCUT2D eigenvalue weighted by atomic mass is 9.96. The molecular weight excluding hydrogens is 452 g/mol. The van der Waals surface area contributed by atoms with Crippen LogP contribution in [0.1, 0.15) is 25.0 Å². The highest BCUT2D eigenvalue weighted by atomic mass is 19.1. The lowest BCUT2D eigenvalue weighted by Crippen LogP contribution is -2.33. The molecule has 0 radical (unpaired) electrons. The van der Waals surface area contributed by atoms with Gasteiger partial charge in [0.2, 0.25) is 5.88 Å². The standard InChI is InChI=1S/C27H27F2N3O3/c1-27(2,35-26(33)31-13-16-6-4-3-5-7-16)17-10-23(19-9-8-18(28)12-22(19)29)32-24(11-17)34-25-20-14-30-15-21(20)25/h3-12,20-21,25,30H,13-15H2,1-2H3,(H,31,33). The van der Waals surface area contributed by atoms with Crippen molar-refractivity contribution < 1.29 is 23.0 Å². The summed E-state index contributed by atoms with van der Waals surface area (Å²) >= 11 is 0. The lowest BCUT2D eigenvalue weighted by molar-refractivity contribution is 0.0358. The number of hydrogen-bond donors (Lipinski definition) is 2. The molecule has 1 aromatic heterocycles. The van der Waals surface area contributed by atoms with Crippen LogP contribution in [0.5, 0.6) is 5.88 Å². The van der Waals surface area contributed by atoms with Crippen LogP contribution in [-0.2, 0) is 16.9 Å². The number of rotatable bonds is 7. The fourth-order valence-corrected chi connectivity index (χ4v) is 4.52. The molecule has 2 fully saturated rings. The van der Waals surface area contributed by atoms with E-state index in [1.165, 1.54) is 12.1 Å². The molecule has 2 atom stereocenters. The zero-order valence-corrected chi connectivity index (χ0v) is 19.6. The fraction of sp³-hybridized carbons (Fsp3) is 0.333. The summed E-state index contributed by atoms with van der Waals surface area (Å²) < 4.78 is 40.0. The van der Waals surface area contributed by atoms with Gasteiger partial charge in [-0.3, -0.25) is 0 Å². The number of ether oxygens (including phenoxy) is 2. The Kier molecular flexibility index (Phi) is 6.15. The first kappa shape index (κ1) is 23.2. The number of carbonyl (C=O) groups excluding carboxylic acids is 1. The topological polar surface area (TPSA) is 72.5 Å². The highest BCUT2D eigenvalue weighted by Crippen LogP contribution is 2.45. The molecule has 8 heteroatoms. The number of nitrogens with one attached hydrogen (secondary N) is 2. The van der Waals surface area contributed by atoms with E-state index in [1.54, 1.807) is 26.0 Å². The number of benzene rings is 2. The van der Waals surface area contributed by atoms with Crippen LogP contribution in [0.2, 0.25) is 0 Å². The number of amides is 1. The zero-order valence-electron chi connectivity index (χ0n) is 19.6. The summed E-state index contributed by atoms with van der Waals surface area (Å²) in [6, 6.07) is 16.2. The van der Waals surface area contributed by atoms with Gasteiger partial charge in [-0.25, -0.2) is 18.6 Å². The second kappa shape index (κ2) is 9.26. The van der Waals surface area contributed by atoms with Gasteiger partial charge in [0.1, 0.15) is 23.3 Å². The minimum atomic E-state index is -1.08. The highest BCUT2D eigenvalue weighted by Gasteiger charge is 2.55. The number of carbonyl (C=O) groups is 1. The molecule has 2 heterocycles. The summed E-state index contributed by atoms with van der Waals surface area (Å²) in [5, 5.41) is 6.07. The van der Waals surface area contributed by atoms with E-state index in [0.29, 0.717) is 29.8 Å². The summed E-state index contributed by atoms with van der Waals surface area (Å²) in [7, 11) is 0. The van der Waals surface area contributed by atoms with Crippen LogP contribution < -0.4 is 15.4 Å². The Hall–Kier alpha value is -3.52. The minimum Gasteiger partial charge on any atom is -0.474 e. The third-order valence-corrected chi connectivity index (χ3v) is 6.60. The summed E-state index contributed by atoms with van der Waals surface area (Å²) in [5.41, 5.74) is 0.870. The first-order chi connectivity index (χ1) is 16.8. The molecule has 6 nitrogen and oxygen atoms in total. The van der Waals surface area contributed by atoms with Crippen molar-refractivity contribution in [1.29, 1.82) is 0 Å². The Balaban J connectivity index is 1.39. The second-order valence-electron chi connectivity index (χ2n) is 9.51. The van der Waals surface area contributed by atoms with Gasteiger partial charge in [0.05, 0.1) is 5.69 Å². The van der Waals surface area contributed by atoms with Crippen LogP contribution in [0.25, 0.3) is 11.3 Å². The van der Waals surface area contributed by atoms with Crippen LogP contribution in [0.3, 0.4) is 0 Å². The largest absolute Gasteiger partial charge is 0.474 e. The molecule has 2 N–H and O–H groups in total. The summed E-state index contributed by atoms with van der Waals surface area (Å²) in [6.07, 6.45) is -0.543. The van der Waals surface area contributed by atoms with Gasteiger partial charge in [0, 0.05) is 54.7 Å². The predicted molar refractivity (Wildman–Crippen MR) is 127 cm³/mol. The van der Waals surface area contributed by atoms with Crippen LogP contribution >= 0.6 is 0 Å². The van der Waals surface area contributed by atoms with Gasteiger partial charge < -0.3 is 20.1 Å². The molecule has 0 spiro atoms. The maximum atomic E-state index is 14.6. The third-order valence-electron chi connectivity index (χ3n) is 6.60. The van der Waals surface area contributed by atoms with E-state index >= 15 is 0 Å². The number of halogens is 2. The monoisotopic (exact) mass is 479 g/mol. The maximum absolute atomic E-state index is 14.6. The molecule has 1 saturated heterocycles. The quantitative estimate of drug-likeness (QED) is 0.510. The van der Waals surface area contributed by atoms with Crippen molar-refractivity contribution in [2.75, 3.05) is 13.1 Å². The number of pyridine rings is 1. The van der Waals surface area contributed by atoms with Crippen LogP contribution in [0.4, 0.5) is 13.6 Å². The predicted octanol–water partition coefficient (Wildman–Crippen LogP) is 4.78. The van der Waals surface area contributed by atoms with Crippen molar-refractivity contribution in [1.82, 2.24) is 15.6 Å². The molecule has 5 rings (SSSR count). The first-order valence-corrected chi connectivity index (χ1v) is 11.7. The minimum absolute atomic E-state index is 0.0446. The van der Waals surface area contributed by atoms with Crippen molar-refractivity contribution in [3.8, 4) is 17.1 Å². The molecule has 0 bridgehead atoms. The van der Waals surface area contributed by atoms with Crippen molar-refractivity contribution in [2.24, 2.45) is 11.8 Å². The normalized spacial score (nSPS) is 20.7. The van der Waals surface area contributed by atoms with Crippen LogP contribution in [0, 0.1) is 23.5 Å². The molecule has 1 aliphatic heterocycles. The first-order valence-electron chi connectivity index (χ1n) is 11.7. The second-order valence-corrected chi connectivity index (χ2v) is 9.51. The van der Waals surface area contributed by atoms with Crippen molar-refractivity contribution in [3.63, 3.8) is 0 Å². The Morgan fingerprint density at radius 2 is 1.83 bits per heavy atom. The van der Waals surface area contributed by atoms with Gasteiger partial charge in [0.25, 0.3) is 0 Å². The van der Waals surface area contributed by atoms with Crippen LogP contribution in [0.15, 0.2) is 60.7 Å². The molecule has 1 saturated carbocycles. The molecule has 2 aliphatic rings. The Bertz CT molecular complexity index is 1230. The third kappa shape index (κ3) is 5.12. The van der Waals surface area contributed by atoms with E-state index in [9.17, 15) is 13.6 Å². The number of hydrogen-bond acceptors (Lipinski definition) is 5. The van der Waals surface area contributed by atoms with Gasteiger partial charge in [-0.15, -0.1) is 0 Å². The van der Waals surface area contributed by atoms with Crippen molar-refractivity contribution in [3.05, 3.63) is 83.4 Å². The summed E-state index contributed by atoms with van der Waals surface area (Å²) in [4.78, 5) is 17.1. The Morgan fingerprint density at radius 1 is 1.09 bits per heavy atom. The number of alkyl carbamates (subject to hydrolysis) is 1. The molecule has 3 aromatic rings. The Morgan fingerprint density at radius 3 is 2.54 bits per heavy atom. The van der Waals surface area contributed by atoms with E-state index in [4.69, 9.17) is 9.47 Å². The average molecular weight is 480 g/mol. The van der Waals surface area contributed by atoms with Crippen molar-refractivity contribution >= 4 is 6.09 Å². The van der Waals surface area contributed by atoms with E-state index in [0.717, 1.165) is 24.7 Å². The molecule has 35 heavy (non-hydrogen) atoms. The zero-order chi connectivity index (χ0) is 24.6. The van der Waals surface area contributed by atoms with Gasteiger partial charge >= 0.3 is 6.09 Å². The Labute approximate surface area is 202 Å². The van der Waals surface area contributed by atoms with E-state index in [1.807, 2.05) is 30.3 Å². The maximum Gasteiger partial charge on any atom is 0.408 e. The van der Waals surface area contributed by atoms with Gasteiger partial charge in [-0.2, -0.15) is 0 Å². The molecule has 1 aliphatic carbocycles. The number of piperidine rings is 1. The molecular formula is C27H27F2N3O3. The number of aromatic nitrogens is 1. The molecule has 182 valence electrons. The molecule has 2 aromatic carbocycles. The van der Waals surface area contributed by atoms with E-state index in [-0.39, 0.29) is 17.4 Å². The SMILES string of the molecule is CC(C)(OC(=O)NCc1ccccc1)c1cc(OC2C3CNCC32)nc(-c2ccc(F)cc2F)c1. The van der Waals surface area contributed by atoms with E-state index < -0.39 is 23.3 Å². The smallest absolute Gasteiger partial charge is 0.408 e. The van der Waals surface area contributed by atoms with E-state index in [2.05, 4.69) is 15.6 Å². The van der Waals surface area contributed by atoms with Gasteiger partial charge in [-0.05, 0) is 37.6 Å². The van der Waals surface area contributed by atoms with Crippen LogP contribution in [-0.4, -0.2) is 30.3 Å².